The van der Waals surface area contributed by atoms with Gasteiger partial charge < -0.3 is 14.9 Å². The first-order valence-electron chi connectivity index (χ1n) is 9.04. The third-order valence-electron chi connectivity index (χ3n) is 4.59. The minimum atomic E-state index is -0.652. The highest BCUT2D eigenvalue weighted by Gasteiger charge is 2.32. The molecule has 1 aromatic rings. The lowest BCUT2D eigenvalue weighted by atomic mass is 9.97. The largest absolute Gasteiger partial charge is 0.391 e. The molecule has 1 heterocycles. The molecule has 5 nitrogen and oxygen atoms in total. The Morgan fingerprint density at radius 2 is 1.76 bits per heavy atom. The second-order valence-corrected chi connectivity index (χ2v) is 6.92. The Bertz CT molecular complexity index is 576. The number of ketones is 1. The summed E-state index contributed by atoms with van der Waals surface area (Å²) in [5, 5.41) is 19.7. The molecule has 138 valence electrons. The molecule has 0 saturated carbocycles. The van der Waals surface area contributed by atoms with E-state index in [9.17, 15) is 15.0 Å². The zero-order chi connectivity index (χ0) is 18.3. The van der Waals surface area contributed by atoms with E-state index >= 15 is 0 Å². The molecule has 2 N–H and O–H groups in total. The monoisotopic (exact) mass is 347 g/mol. The summed E-state index contributed by atoms with van der Waals surface area (Å²) in [7, 11) is 0. The number of aliphatic imine (C=N–C) groups is 1. The zero-order valence-corrected chi connectivity index (χ0v) is 15.1. The summed E-state index contributed by atoms with van der Waals surface area (Å²) in [5.74, 6) is 0.146. The van der Waals surface area contributed by atoms with Crippen molar-refractivity contribution >= 4 is 12.0 Å². The highest BCUT2D eigenvalue weighted by Crippen LogP contribution is 2.32. The van der Waals surface area contributed by atoms with Gasteiger partial charge in [-0.25, -0.2) is 0 Å². The number of aliphatic hydroxyl groups is 2. The van der Waals surface area contributed by atoms with Crippen LogP contribution in [0.5, 0.6) is 0 Å². The number of nitrogens with zero attached hydrogens (tertiary/aromatic N) is 1. The minimum Gasteiger partial charge on any atom is -0.391 e. The van der Waals surface area contributed by atoms with Crippen molar-refractivity contribution in [2.45, 2.75) is 63.7 Å². The summed E-state index contributed by atoms with van der Waals surface area (Å²) in [6.45, 7) is 4.24. The molecule has 0 saturated heterocycles. The van der Waals surface area contributed by atoms with Crippen molar-refractivity contribution in [3.8, 4) is 0 Å². The van der Waals surface area contributed by atoms with Gasteiger partial charge in [0.2, 0.25) is 0 Å². The van der Waals surface area contributed by atoms with E-state index in [1.54, 1.807) is 0 Å². The van der Waals surface area contributed by atoms with Crippen molar-refractivity contribution < 1.29 is 19.7 Å². The van der Waals surface area contributed by atoms with Crippen LogP contribution >= 0.6 is 0 Å². The Hall–Kier alpha value is -1.56. The van der Waals surface area contributed by atoms with Gasteiger partial charge in [-0.05, 0) is 37.3 Å². The van der Waals surface area contributed by atoms with Crippen LogP contribution in [-0.4, -0.2) is 47.6 Å². The quantitative estimate of drug-likeness (QED) is 0.609. The maximum atomic E-state index is 11.2. The van der Waals surface area contributed by atoms with E-state index in [2.05, 4.69) is 36.2 Å². The lowest BCUT2D eigenvalue weighted by molar-refractivity contribution is -0.119. The van der Waals surface area contributed by atoms with Crippen LogP contribution in [0.25, 0.3) is 0 Å². The molecule has 1 aliphatic heterocycles. The predicted octanol–water partition coefficient (Wildman–Crippen LogP) is 2.42. The number of aliphatic hydroxyl groups excluding tert-OH is 2. The lowest BCUT2D eigenvalue weighted by Gasteiger charge is -2.14. The molecule has 2 rings (SSSR count). The van der Waals surface area contributed by atoms with Crippen LogP contribution < -0.4 is 0 Å². The lowest BCUT2D eigenvalue weighted by Crippen LogP contribution is -2.22. The number of Topliss-reactive ketones (excluding diaryl/α,β-unsaturated/α-hetero) is 1. The van der Waals surface area contributed by atoms with Crippen molar-refractivity contribution in [2.75, 3.05) is 13.2 Å². The number of benzene rings is 1. The molecule has 1 aromatic carbocycles. The topological polar surface area (TPSA) is 79.1 Å². The van der Waals surface area contributed by atoms with Gasteiger partial charge in [0.25, 0.3) is 0 Å². The van der Waals surface area contributed by atoms with E-state index in [1.807, 2.05) is 13.1 Å². The standard InChI is InChI=1S/C20H29NO4/c1-3-17(22)10-11-19(24)13-25-12-18(23)9-6-15-4-7-16(8-5-15)20(2)14-21-20/h4-5,7-8,14,18-19,23-24H,3,6,9-13H2,1-2H3. The predicted molar refractivity (Wildman–Crippen MR) is 98.0 cm³/mol. The van der Waals surface area contributed by atoms with Crippen LogP contribution in [0.1, 0.15) is 50.7 Å². The second kappa shape index (κ2) is 9.22. The highest BCUT2D eigenvalue weighted by atomic mass is 16.5. The minimum absolute atomic E-state index is 0.103. The first kappa shape index (κ1) is 19.8. The SMILES string of the molecule is CCC(=O)CCC(O)COCC(O)CCc1ccc(C2(C)C=N2)cc1. The first-order chi connectivity index (χ1) is 11.9. The maximum Gasteiger partial charge on any atom is 0.132 e. The Kier molecular flexibility index (Phi) is 7.29. The van der Waals surface area contributed by atoms with Crippen LogP contribution in [0.3, 0.4) is 0 Å². The fourth-order valence-electron chi connectivity index (χ4n) is 2.60. The summed E-state index contributed by atoms with van der Waals surface area (Å²) in [6.07, 6.45) is 3.40. The third-order valence-corrected chi connectivity index (χ3v) is 4.59. The molecule has 0 bridgehead atoms. The average molecular weight is 347 g/mol. The fourth-order valence-corrected chi connectivity index (χ4v) is 2.60. The highest BCUT2D eigenvalue weighted by molar-refractivity contribution is 5.85. The average Bonchev–Trinajstić information content (AvgIpc) is 3.37. The molecule has 0 spiro atoms. The van der Waals surface area contributed by atoms with Crippen LogP contribution in [0.2, 0.25) is 0 Å². The number of hydrogen-bond acceptors (Lipinski definition) is 5. The number of hydrogen-bond donors (Lipinski definition) is 2. The Labute approximate surface area is 149 Å². The van der Waals surface area contributed by atoms with Crippen molar-refractivity contribution in [2.24, 2.45) is 4.99 Å². The van der Waals surface area contributed by atoms with Crippen LogP contribution in [0, 0.1) is 0 Å². The van der Waals surface area contributed by atoms with Gasteiger partial charge in [-0.1, -0.05) is 31.2 Å². The third kappa shape index (κ3) is 6.69. The van der Waals surface area contributed by atoms with Crippen molar-refractivity contribution in [3.05, 3.63) is 35.4 Å². The van der Waals surface area contributed by atoms with Gasteiger partial charge in [0.15, 0.2) is 0 Å². The fraction of sp³-hybridized carbons (Fsp3) is 0.600. The van der Waals surface area contributed by atoms with E-state index in [0.717, 1.165) is 6.42 Å². The summed E-state index contributed by atoms with van der Waals surface area (Å²) in [5.41, 5.74) is 2.26. The van der Waals surface area contributed by atoms with Gasteiger partial charge in [-0.15, -0.1) is 0 Å². The summed E-state index contributed by atoms with van der Waals surface area (Å²) >= 11 is 0. The maximum absolute atomic E-state index is 11.2. The summed E-state index contributed by atoms with van der Waals surface area (Å²) in [4.78, 5) is 15.5. The van der Waals surface area contributed by atoms with Gasteiger partial charge in [-0.3, -0.25) is 9.79 Å². The molecular weight excluding hydrogens is 318 g/mol. The molecule has 0 aliphatic carbocycles. The molecular formula is C20H29NO4. The smallest absolute Gasteiger partial charge is 0.132 e. The van der Waals surface area contributed by atoms with Crippen LogP contribution in [-0.2, 0) is 21.5 Å². The molecule has 0 aromatic heterocycles. The van der Waals surface area contributed by atoms with Crippen LogP contribution in [0.15, 0.2) is 29.3 Å². The van der Waals surface area contributed by atoms with Crippen molar-refractivity contribution in [1.29, 1.82) is 0 Å². The molecule has 3 atom stereocenters. The van der Waals surface area contributed by atoms with E-state index < -0.39 is 12.2 Å². The number of aryl methyl sites for hydroxylation is 1. The molecule has 0 amide bonds. The van der Waals surface area contributed by atoms with Gasteiger partial charge in [0.05, 0.1) is 25.4 Å². The normalized spacial score (nSPS) is 21.1. The Morgan fingerprint density at radius 1 is 1.16 bits per heavy atom. The second-order valence-electron chi connectivity index (χ2n) is 6.92. The number of carbonyl (C=O) groups is 1. The molecule has 0 fully saturated rings. The number of ether oxygens (including phenoxy) is 1. The van der Waals surface area contributed by atoms with E-state index in [4.69, 9.17) is 4.74 Å². The molecule has 3 unspecified atom stereocenters. The van der Waals surface area contributed by atoms with Gasteiger partial charge in [-0.2, -0.15) is 0 Å². The molecule has 1 aliphatic rings. The van der Waals surface area contributed by atoms with E-state index in [1.165, 1.54) is 11.1 Å². The molecule has 25 heavy (non-hydrogen) atoms. The Balaban J connectivity index is 1.59. The van der Waals surface area contributed by atoms with E-state index in [0.29, 0.717) is 25.7 Å². The summed E-state index contributed by atoms with van der Waals surface area (Å²) < 4.78 is 5.36. The van der Waals surface area contributed by atoms with Gasteiger partial charge >= 0.3 is 0 Å². The van der Waals surface area contributed by atoms with Gasteiger partial charge in [0, 0.05) is 19.1 Å². The number of carbonyl (C=O) groups excluding carboxylic acids is 1. The van der Waals surface area contributed by atoms with Crippen molar-refractivity contribution in [3.63, 3.8) is 0 Å². The van der Waals surface area contributed by atoms with Crippen molar-refractivity contribution in [1.82, 2.24) is 0 Å². The Morgan fingerprint density at radius 3 is 2.32 bits per heavy atom. The summed E-state index contributed by atoms with van der Waals surface area (Å²) in [6, 6.07) is 8.31. The van der Waals surface area contributed by atoms with E-state index in [-0.39, 0.29) is 24.5 Å². The molecule has 0 radical (unpaired) electrons. The molecule has 5 heteroatoms. The van der Waals surface area contributed by atoms with Crippen LogP contribution in [0.4, 0.5) is 0 Å². The first-order valence-corrected chi connectivity index (χ1v) is 9.04. The number of rotatable bonds is 12. The zero-order valence-electron chi connectivity index (χ0n) is 15.1. The van der Waals surface area contributed by atoms with Gasteiger partial charge in [0.1, 0.15) is 11.3 Å².